The maximum absolute atomic E-state index is 11.7. The molecule has 2 rings (SSSR count). The number of H-pyrrole nitrogens is 1. The van der Waals surface area contributed by atoms with E-state index in [9.17, 15) is 4.79 Å². The number of fused-ring (bicyclic) bond motifs is 1. The zero-order valence-corrected chi connectivity index (χ0v) is 7.61. The van der Waals surface area contributed by atoms with Crippen molar-refractivity contribution < 1.29 is 0 Å². The second-order valence-electron chi connectivity index (χ2n) is 3.28. The molecule has 68 valence electrons. The van der Waals surface area contributed by atoms with Crippen molar-refractivity contribution in [2.75, 3.05) is 0 Å². The smallest absolute Gasteiger partial charge is 0.276 e. The highest BCUT2D eigenvalue weighted by Gasteiger charge is 2.07. The highest BCUT2D eigenvalue weighted by molar-refractivity contribution is 5.73. The van der Waals surface area contributed by atoms with E-state index < -0.39 is 0 Å². The van der Waals surface area contributed by atoms with Crippen LogP contribution in [0.1, 0.15) is 19.9 Å². The number of hydrogen-bond acceptors (Lipinski definition) is 2. The lowest BCUT2D eigenvalue weighted by molar-refractivity contribution is 0.521. The first-order valence-electron chi connectivity index (χ1n) is 4.25. The lowest BCUT2D eigenvalue weighted by Gasteiger charge is -2.02. The first-order chi connectivity index (χ1) is 6.20. The minimum Gasteiger partial charge on any atom is -0.278 e. The number of hydrogen-bond donors (Lipinski definition) is 1. The van der Waals surface area contributed by atoms with Gasteiger partial charge >= 0.3 is 0 Å². The van der Waals surface area contributed by atoms with E-state index in [1.807, 2.05) is 13.8 Å². The fraction of sp³-hybridized carbons (Fsp3) is 0.333. The topological polar surface area (TPSA) is 50.7 Å². The molecule has 0 atom stereocenters. The zero-order chi connectivity index (χ0) is 9.42. The molecule has 0 amide bonds. The second-order valence-corrected chi connectivity index (χ2v) is 3.28. The van der Waals surface area contributed by atoms with Crippen molar-refractivity contribution in [2.45, 2.75) is 19.9 Å². The van der Waals surface area contributed by atoms with Crippen molar-refractivity contribution in [1.29, 1.82) is 0 Å². The number of nitrogens with zero attached hydrogens (tertiary/aromatic N) is 2. The van der Waals surface area contributed by atoms with E-state index in [0.29, 0.717) is 11.0 Å². The van der Waals surface area contributed by atoms with Crippen LogP contribution in [-0.4, -0.2) is 14.8 Å². The molecule has 0 spiro atoms. The molecular weight excluding hydrogens is 166 g/mol. The summed E-state index contributed by atoms with van der Waals surface area (Å²) in [4.78, 5) is 15.7. The summed E-state index contributed by atoms with van der Waals surface area (Å²) in [7, 11) is 0. The van der Waals surface area contributed by atoms with E-state index >= 15 is 0 Å². The Kier molecular flexibility index (Phi) is 1.69. The van der Waals surface area contributed by atoms with Crippen molar-refractivity contribution in [1.82, 2.24) is 14.8 Å². The molecule has 0 aliphatic carbocycles. The normalized spacial score (nSPS) is 11.3. The summed E-state index contributed by atoms with van der Waals surface area (Å²) in [5.41, 5.74) is 0.652. The van der Waals surface area contributed by atoms with Gasteiger partial charge in [-0.15, -0.1) is 0 Å². The van der Waals surface area contributed by atoms with Crippen LogP contribution in [0.4, 0.5) is 0 Å². The molecule has 4 heteroatoms. The molecule has 13 heavy (non-hydrogen) atoms. The van der Waals surface area contributed by atoms with Crippen molar-refractivity contribution in [3.8, 4) is 0 Å². The van der Waals surface area contributed by atoms with Crippen molar-refractivity contribution in [3.63, 3.8) is 0 Å². The molecule has 0 aliphatic rings. The molecule has 0 radical (unpaired) electrons. The van der Waals surface area contributed by atoms with Gasteiger partial charge in [0.25, 0.3) is 5.56 Å². The van der Waals surface area contributed by atoms with Gasteiger partial charge < -0.3 is 0 Å². The second kappa shape index (κ2) is 2.73. The van der Waals surface area contributed by atoms with E-state index in [1.54, 1.807) is 23.0 Å². The molecule has 2 heterocycles. The number of rotatable bonds is 1. The van der Waals surface area contributed by atoms with Crippen molar-refractivity contribution in [2.24, 2.45) is 0 Å². The van der Waals surface area contributed by atoms with Gasteiger partial charge in [-0.3, -0.25) is 9.89 Å². The molecule has 0 bridgehead atoms. The third-order valence-electron chi connectivity index (χ3n) is 2.00. The van der Waals surface area contributed by atoms with E-state index in [4.69, 9.17) is 0 Å². The van der Waals surface area contributed by atoms with Crippen LogP contribution in [0.3, 0.4) is 0 Å². The van der Waals surface area contributed by atoms with Gasteiger partial charge in [-0.25, -0.2) is 9.67 Å². The average molecular weight is 177 g/mol. The minimum atomic E-state index is -0.00176. The highest BCUT2D eigenvalue weighted by atomic mass is 16.1. The van der Waals surface area contributed by atoms with Gasteiger partial charge in [0.2, 0.25) is 0 Å². The Balaban J connectivity index is 2.82. The van der Waals surface area contributed by atoms with E-state index in [-0.39, 0.29) is 11.6 Å². The highest BCUT2D eigenvalue weighted by Crippen LogP contribution is 2.05. The molecule has 1 N–H and O–H groups in total. The fourth-order valence-corrected chi connectivity index (χ4v) is 1.33. The van der Waals surface area contributed by atoms with Gasteiger partial charge in [-0.05, 0) is 26.0 Å². The Morgan fingerprint density at radius 1 is 1.54 bits per heavy atom. The van der Waals surface area contributed by atoms with Crippen LogP contribution < -0.4 is 5.56 Å². The Morgan fingerprint density at radius 2 is 2.31 bits per heavy atom. The lowest BCUT2D eigenvalue weighted by atomic mass is 10.3. The summed E-state index contributed by atoms with van der Waals surface area (Å²) in [6.45, 7) is 3.91. The summed E-state index contributed by atoms with van der Waals surface area (Å²) in [6, 6.07) is 3.68. The lowest BCUT2D eigenvalue weighted by Crippen LogP contribution is -2.18. The first-order valence-corrected chi connectivity index (χ1v) is 4.25. The molecule has 2 aromatic heterocycles. The first kappa shape index (κ1) is 8.04. The Bertz CT molecular complexity index is 481. The molecule has 0 saturated heterocycles. The Labute approximate surface area is 75.2 Å². The van der Waals surface area contributed by atoms with Gasteiger partial charge in [0, 0.05) is 12.2 Å². The fourth-order valence-electron chi connectivity index (χ4n) is 1.33. The van der Waals surface area contributed by atoms with Gasteiger partial charge in [0.15, 0.2) is 5.65 Å². The molecule has 0 aliphatic heterocycles. The van der Waals surface area contributed by atoms with Gasteiger partial charge in [0.05, 0.1) is 5.39 Å². The van der Waals surface area contributed by atoms with Crippen molar-refractivity contribution >= 4 is 11.0 Å². The molecule has 2 aromatic rings. The molecule has 0 unspecified atom stereocenters. The monoisotopic (exact) mass is 177 g/mol. The molecule has 0 fully saturated rings. The minimum absolute atomic E-state index is 0.00176. The molecule has 0 saturated carbocycles. The Hall–Kier alpha value is -1.58. The SMILES string of the molecule is CC(C)n1[nH]c2ncccc2c1=O. The third kappa shape index (κ3) is 1.14. The number of aromatic nitrogens is 3. The predicted molar refractivity (Wildman–Crippen MR) is 50.7 cm³/mol. The number of aromatic amines is 1. The maximum Gasteiger partial charge on any atom is 0.276 e. The Morgan fingerprint density at radius 3 is 2.92 bits per heavy atom. The zero-order valence-electron chi connectivity index (χ0n) is 7.61. The standard InChI is InChI=1S/C9H11N3O/c1-6(2)12-9(13)7-4-3-5-10-8(7)11-12/h3-6H,1-2H3,(H,10,11). The molecular formula is C9H11N3O. The maximum atomic E-state index is 11.7. The van der Waals surface area contributed by atoms with Crippen LogP contribution in [0.2, 0.25) is 0 Å². The van der Waals surface area contributed by atoms with Crippen LogP contribution >= 0.6 is 0 Å². The van der Waals surface area contributed by atoms with E-state index in [1.165, 1.54) is 0 Å². The van der Waals surface area contributed by atoms with Crippen LogP contribution in [0.5, 0.6) is 0 Å². The van der Waals surface area contributed by atoms with Gasteiger partial charge in [0.1, 0.15) is 0 Å². The largest absolute Gasteiger partial charge is 0.278 e. The van der Waals surface area contributed by atoms with Crippen LogP contribution in [0, 0.1) is 0 Å². The summed E-state index contributed by atoms with van der Waals surface area (Å²) < 4.78 is 1.58. The summed E-state index contributed by atoms with van der Waals surface area (Å²) in [6.07, 6.45) is 1.67. The summed E-state index contributed by atoms with van der Waals surface area (Å²) in [5, 5.41) is 3.61. The average Bonchev–Trinajstić information content (AvgIpc) is 2.45. The predicted octanol–water partition coefficient (Wildman–Crippen LogP) is 1.31. The molecule has 0 aromatic carbocycles. The molecule has 4 nitrogen and oxygen atoms in total. The van der Waals surface area contributed by atoms with E-state index in [0.717, 1.165) is 0 Å². The quantitative estimate of drug-likeness (QED) is 0.713. The van der Waals surface area contributed by atoms with Crippen molar-refractivity contribution in [3.05, 3.63) is 28.7 Å². The van der Waals surface area contributed by atoms with Crippen LogP contribution in [-0.2, 0) is 0 Å². The third-order valence-corrected chi connectivity index (χ3v) is 2.00. The van der Waals surface area contributed by atoms with Crippen LogP contribution in [0.15, 0.2) is 23.1 Å². The van der Waals surface area contributed by atoms with Gasteiger partial charge in [-0.2, -0.15) is 0 Å². The number of nitrogens with one attached hydrogen (secondary N) is 1. The van der Waals surface area contributed by atoms with Gasteiger partial charge in [-0.1, -0.05) is 0 Å². The summed E-state index contributed by atoms with van der Waals surface area (Å²) >= 11 is 0. The summed E-state index contributed by atoms with van der Waals surface area (Å²) in [5.74, 6) is 0. The van der Waals surface area contributed by atoms with E-state index in [2.05, 4.69) is 10.1 Å². The van der Waals surface area contributed by atoms with Crippen LogP contribution in [0.25, 0.3) is 11.0 Å². The number of pyridine rings is 1.